The highest BCUT2D eigenvalue weighted by atomic mass is 35.5. The highest BCUT2D eigenvalue weighted by Gasteiger charge is 2.29. The first-order valence-electron chi connectivity index (χ1n) is 44.6. The summed E-state index contributed by atoms with van der Waals surface area (Å²) in [6.45, 7) is 40.4. The van der Waals surface area contributed by atoms with E-state index in [1.54, 1.807) is 81.9 Å². The maximum atomic E-state index is 15.5. The zero-order chi connectivity index (χ0) is 93.5. The summed E-state index contributed by atoms with van der Waals surface area (Å²) >= 11 is 5.78. The Bertz CT molecular complexity index is 7330. The molecule has 3 saturated heterocycles. The summed E-state index contributed by atoms with van der Waals surface area (Å²) < 4.78 is 70.2. The van der Waals surface area contributed by atoms with E-state index in [1.165, 1.54) is 19.6 Å². The first-order valence-corrected chi connectivity index (χ1v) is 52.6. The number of nitrogens with two attached hydrogens (primary N) is 3. The maximum Gasteiger partial charge on any atom is 0.225 e. The Hall–Kier alpha value is -13.5. The lowest BCUT2D eigenvalue weighted by molar-refractivity contribution is 0.0814. The van der Waals surface area contributed by atoms with Gasteiger partial charge in [0.25, 0.3) is 0 Å². The van der Waals surface area contributed by atoms with Crippen LogP contribution in [0.25, 0.3) is 117 Å². The predicted octanol–water partition coefficient (Wildman–Crippen LogP) is 9.99. The van der Waals surface area contributed by atoms with Crippen molar-refractivity contribution in [1.29, 1.82) is 0 Å². The monoisotopic (exact) mass is 1880 g/mol. The number of hydrogen-bond donors (Lipinski definition) is 5. The number of fused-ring (bicyclic) bond motifs is 12. The van der Waals surface area contributed by atoms with Gasteiger partial charge in [-0.2, -0.15) is 59.1 Å². The third kappa shape index (κ3) is 19.1. The number of aromatic amines is 1. The molecule has 18 aromatic rings. The summed E-state index contributed by atoms with van der Waals surface area (Å²) in [5, 5.41) is 51.7. The maximum absolute atomic E-state index is 15.5. The van der Waals surface area contributed by atoms with E-state index in [0.29, 0.717) is 150 Å². The largest absolute Gasteiger partial charge is 0.368 e. The van der Waals surface area contributed by atoms with Gasteiger partial charge in [-0.15, -0.1) is 26.9 Å². The molecule has 0 atom stereocenters. The van der Waals surface area contributed by atoms with Crippen LogP contribution in [0.1, 0.15) is 34.2 Å². The Balaban J connectivity index is 0.000000124. The Morgan fingerprint density at radius 3 is 1.12 bits per heavy atom. The summed E-state index contributed by atoms with van der Waals surface area (Å²) in [6.07, 6.45) is 14.9. The van der Waals surface area contributed by atoms with Crippen molar-refractivity contribution in [2.45, 2.75) is 126 Å². The first kappa shape index (κ1) is 91.0. The third-order valence-electron chi connectivity index (χ3n) is 24.2. The van der Waals surface area contributed by atoms with Crippen LogP contribution in [0, 0.1) is 59.0 Å². The zero-order valence-electron chi connectivity index (χ0n) is 76.9. The highest BCUT2D eigenvalue weighted by molar-refractivity contribution is 6.76. The number of aryl methyl sites for hydroxylation is 7. The molecule has 698 valence electrons. The summed E-state index contributed by atoms with van der Waals surface area (Å²) in [5.41, 5.74) is 33.1. The molecule has 3 fully saturated rings. The smallest absolute Gasteiger partial charge is 0.225 e. The average molecular weight is 1880 g/mol. The number of benzene rings is 3. The molecule has 18 heterocycles. The molecule has 47 heteroatoms. The van der Waals surface area contributed by atoms with Gasteiger partial charge in [-0.1, -0.05) is 39.3 Å². The second kappa shape index (κ2) is 38.2. The van der Waals surface area contributed by atoms with Crippen molar-refractivity contribution >= 4 is 145 Å². The lowest BCUT2D eigenvalue weighted by Gasteiger charge is -2.36. The van der Waals surface area contributed by atoms with Crippen molar-refractivity contribution in [2.75, 3.05) is 143 Å². The zero-order valence-corrected chi connectivity index (χ0v) is 79.7. The van der Waals surface area contributed by atoms with E-state index in [1.807, 2.05) is 69.1 Å². The van der Waals surface area contributed by atoms with E-state index in [4.69, 9.17) is 43.3 Å². The SMILES string of the molecule is Cc1nccnc1-c1nc2c3cnn(CCCl)c3nc(N)n2n1.Cc1nccnc1-c1nc2c3cnn(CCN4CCN(c5cc6c(C)[nH]nc6cc5F)CC4)c3nc(N)n2n1.Cc1nccnc1-c1nc2c3cnn(CCN4CCN(c5cc6c(C)nn(COCC[Si](C)(C)C)c6cc5F)CC4)c3nc(N)n2n1.Cc1nn(COCC[Si](C)(C)C)c2cc(F)c(N3CCNCC3)cc12. The van der Waals surface area contributed by atoms with Gasteiger partial charge in [-0.3, -0.25) is 29.9 Å². The summed E-state index contributed by atoms with van der Waals surface area (Å²) in [7, 11) is -2.29. The standard InChI is InChI=1S/C31H40FN13OSi.C25H26FN13.C18H29FN4OSi.C13H12ClN9/c1-20-22-16-26(24(32)17-25(22)44(39-20)19-46-14-15-47(3,4)5)42-11-8-41(9-12-42)10-13-43-29-23(18-36-43)30-37-28(40-45(30)31(33)38-29)27-21(2)34-6-7-35-27;1-14-16-11-20(18(26)12-19(16)34-33-14)37-8-5-36(6-9-37)7-10-38-23-17(13-30-38)24-31-22(35-39(24)25(27)32-23)21-15(2)28-3-4-29-21;1-14-15-11-18(22-7-5-20-6-8-22)16(19)12-17(15)23(21-14)13-24-9-10-25(2,3)4;1-7-9(17-4-3-16-7)10-19-12-8-6-18-22(5-2-14)11(8)20-13(15)23(12)21-10/h6-7,16-18H,8-15,19H2,1-5H3,(H2,33,38);3-4,11-13H,5-10H2,1-2H3,(H2,27,32)(H,33,34);11-12,20H,5-10,13H2,1-4H3;3-4,6H,2,5H2,1H3,(H2,15,20). The molecule has 0 unspecified atom stereocenters. The Kier molecular flexibility index (Phi) is 26.0. The normalized spacial score (nSPS) is 14.4. The quantitative estimate of drug-likeness (QED) is 0.0213. The molecule has 0 bridgehead atoms. The van der Waals surface area contributed by atoms with E-state index in [-0.39, 0.29) is 35.3 Å². The van der Waals surface area contributed by atoms with Crippen LogP contribution < -0.4 is 37.2 Å². The van der Waals surface area contributed by atoms with Crippen molar-refractivity contribution in [1.82, 2.24) is 163 Å². The van der Waals surface area contributed by atoms with Gasteiger partial charge in [0, 0.05) is 204 Å². The second-order valence-electron chi connectivity index (χ2n) is 36.0. The number of alkyl halides is 1. The molecule has 0 amide bonds. The number of anilines is 6. The number of nitrogens with one attached hydrogen (secondary N) is 2. The average Bonchev–Trinajstić information content (AvgIpc) is 1.60. The molecule has 3 aromatic carbocycles. The number of piperazine rings is 3. The minimum Gasteiger partial charge on any atom is -0.368 e. The molecule has 0 spiro atoms. The number of rotatable bonds is 24. The van der Waals surface area contributed by atoms with Crippen molar-refractivity contribution < 1.29 is 22.6 Å². The molecular formula is C87H107ClF3N39O2Si2. The molecule has 3 aliphatic rings. The topological polar surface area (TPSA) is 449 Å². The Morgan fingerprint density at radius 2 is 0.746 bits per heavy atom. The fourth-order valence-corrected chi connectivity index (χ4v) is 18.4. The summed E-state index contributed by atoms with van der Waals surface area (Å²) in [4.78, 5) is 64.3. The molecule has 8 N–H and O–H groups in total. The Morgan fingerprint density at radius 1 is 0.388 bits per heavy atom. The van der Waals surface area contributed by atoms with Gasteiger partial charge in [-0.25, -0.2) is 66.5 Å². The lowest BCUT2D eigenvalue weighted by Crippen LogP contribution is -2.47. The van der Waals surface area contributed by atoms with Crippen LogP contribution >= 0.6 is 11.6 Å². The van der Waals surface area contributed by atoms with Crippen molar-refractivity contribution in [3.05, 3.63) is 144 Å². The Labute approximate surface area is 773 Å². The summed E-state index contributed by atoms with van der Waals surface area (Å²) in [5.74, 6) is 1.75. The molecule has 134 heavy (non-hydrogen) atoms. The number of nitrogen functional groups attached to an aromatic ring is 3. The molecule has 21 rings (SSSR count). The van der Waals surface area contributed by atoms with E-state index in [9.17, 15) is 8.78 Å². The van der Waals surface area contributed by atoms with Crippen molar-refractivity contribution in [3.8, 4) is 34.6 Å². The first-order chi connectivity index (χ1) is 64.5. The molecule has 0 saturated carbocycles. The predicted molar refractivity (Wildman–Crippen MR) is 514 cm³/mol. The molecule has 0 aliphatic carbocycles. The van der Waals surface area contributed by atoms with E-state index in [0.717, 1.165) is 175 Å². The van der Waals surface area contributed by atoms with Crippen molar-refractivity contribution in [3.63, 3.8) is 0 Å². The van der Waals surface area contributed by atoms with Gasteiger partial charge in [0.1, 0.15) is 48.0 Å². The van der Waals surface area contributed by atoms with Gasteiger partial charge >= 0.3 is 0 Å². The number of nitrogens with zero attached hydrogens (tertiary/aromatic N) is 34. The van der Waals surface area contributed by atoms with Crippen LogP contribution in [-0.4, -0.2) is 284 Å². The number of H-pyrrole nitrogens is 1. The van der Waals surface area contributed by atoms with E-state index >= 15 is 4.39 Å². The minimum atomic E-state index is -1.18. The van der Waals surface area contributed by atoms with Gasteiger partial charge in [-0.05, 0) is 71.8 Å². The minimum absolute atomic E-state index is 0.183. The van der Waals surface area contributed by atoms with Gasteiger partial charge in [0.2, 0.25) is 35.3 Å². The highest BCUT2D eigenvalue weighted by Crippen LogP contribution is 2.35. The van der Waals surface area contributed by atoms with Gasteiger partial charge in [0.15, 0.2) is 33.9 Å². The number of hydrogen-bond acceptors (Lipinski definition) is 32. The lowest BCUT2D eigenvalue weighted by atomic mass is 10.1. The van der Waals surface area contributed by atoms with Crippen LogP contribution in [0.3, 0.4) is 0 Å². The van der Waals surface area contributed by atoms with E-state index in [2.05, 4.69) is 175 Å². The van der Waals surface area contributed by atoms with Gasteiger partial charge in [0.05, 0.1) is 116 Å². The number of ether oxygens (including phenoxy) is 2. The molecular weight excluding hydrogens is 1770 g/mol. The van der Waals surface area contributed by atoms with Gasteiger partial charge < -0.3 is 46.7 Å². The molecule has 3 aliphatic heterocycles. The molecule has 41 nitrogen and oxygen atoms in total. The summed E-state index contributed by atoms with van der Waals surface area (Å²) in [6, 6.07) is 12.7. The molecule has 15 aromatic heterocycles. The third-order valence-corrected chi connectivity index (χ3v) is 27.8. The van der Waals surface area contributed by atoms with Crippen LogP contribution in [-0.2, 0) is 42.6 Å². The van der Waals surface area contributed by atoms with E-state index < -0.39 is 16.1 Å². The van der Waals surface area contributed by atoms with Crippen LogP contribution in [0.2, 0.25) is 51.4 Å². The fraction of sp³-hybridized carbons (Fsp3) is 0.414. The van der Waals surface area contributed by atoms with Crippen molar-refractivity contribution in [2.24, 2.45) is 0 Å². The van der Waals surface area contributed by atoms with Crippen LogP contribution in [0.15, 0.2) is 92.2 Å². The van der Waals surface area contributed by atoms with Crippen LogP contribution in [0.4, 0.5) is 48.1 Å². The second-order valence-corrected chi connectivity index (χ2v) is 47.6. The molecule has 0 radical (unpaired) electrons. The van der Waals surface area contributed by atoms with Crippen LogP contribution in [0.5, 0.6) is 0 Å². The number of aromatic nitrogens is 30. The fourth-order valence-electron chi connectivity index (χ4n) is 16.7. The number of halogens is 4.